The number of aromatic nitrogens is 1. The second-order valence-electron chi connectivity index (χ2n) is 5.45. The summed E-state index contributed by atoms with van der Waals surface area (Å²) in [6.07, 6.45) is 6.40. The van der Waals surface area contributed by atoms with Gasteiger partial charge in [-0.1, -0.05) is 33.6 Å². The molecule has 1 aromatic heterocycles. The number of thiazole rings is 1. The fourth-order valence-electron chi connectivity index (χ4n) is 2.58. The lowest BCUT2D eigenvalue weighted by molar-refractivity contribution is 0.340. The Kier molecular flexibility index (Phi) is 4.21. The van der Waals surface area contributed by atoms with Gasteiger partial charge in [0.15, 0.2) is 0 Å². The molecule has 1 aliphatic carbocycles. The smallest absolute Gasteiger partial charge is 0.113 e. The molecular formula is C14H24N2S. The molecule has 1 fully saturated rings. The monoisotopic (exact) mass is 252 g/mol. The highest BCUT2D eigenvalue weighted by molar-refractivity contribution is 7.09. The van der Waals surface area contributed by atoms with Gasteiger partial charge in [0.25, 0.3) is 0 Å². The zero-order chi connectivity index (χ0) is 12.3. The molecule has 2 rings (SSSR count). The van der Waals surface area contributed by atoms with Gasteiger partial charge >= 0.3 is 0 Å². The van der Waals surface area contributed by atoms with E-state index in [1.165, 1.54) is 42.8 Å². The first kappa shape index (κ1) is 13.0. The van der Waals surface area contributed by atoms with E-state index in [9.17, 15) is 0 Å². The van der Waals surface area contributed by atoms with Crippen molar-refractivity contribution >= 4 is 11.3 Å². The zero-order valence-electron chi connectivity index (χ0n) is 11.3. The van der Waals surface area contributed by atoms with Crippen molar-refractivity contribution in [1.29, 1.82) is 0 Å². The van der Waals surface area contributed by atoms with E-state index in [0.29, 0.717) is 5.92 Å². The first-order valence-electron chi connectivity index (χ1n) is 6.89. The molecule has 0 aromatic carbocycles. The van der Waals surface area contributed by atoms with Crippen LogP contribution in [0.15, 0.2) is 5.38 Å². The van der Waals surface area contributed by atoms with Gasteiger partial charge in [-0.2, -0.15) is 0 Å². The van der Waals surface area contributed by atoms with Crippen LogP contribution in [0.1, 0.15) is 69.5 Å². The van der Waals surface area contributed by atoms with Gasteiger partial charge in [0.2, 0.25) is 0 Å². The average molecular weight is 252 g/mol. The third-order valence-electron chi connectivity index (χ3n) is 3.69. The molecule has 0 atom stereocenters. The lowest BCUT2D eigenvalue weighted by Gasteiger charge is -2.28. The summed E-state index contributed by atoms with van der Waals surface area (Å²) in [5.74, 6) is 0.546. The lowest BCUT2D eigenvalue weighted by atomic mass is 9.98. The minimum atomic E-state index is 0.202. The van der Waals surface area contributed by atoms with E-state index in [2.05, 4.69) is 31.5 Å². The molecule has 1 N–H and O–H groups in total. The number of rotatable bonds is 5. The first-order valence-corrected chi connectivity index (χ1v) is 7.77. The number of nitrogens with one attached hydrogen (secondary N) is 1. The van der Waals surface area contributed by atoms with Gasteiger partial charge in [-0.15, -0.1) is 11.3 Å². The van der Waals surface area contributed by atoms with Crippen molar-refractivity contribution in [3.63, 3.8) is 0 Å². The molecule has 1 saturated carbocycles. The van der Waals surface area contributed by atoms with E-state index in [0.717, 1.165) is 6.54 Å². The van der Waals surface area contributed by atoms with Crippen LogP contribution in [0.2, 0.25) is 0 Å². The molecule has 0 radical (unpaired) electrons. The number of hydrogen-bond acceptors (Lipinski definition) is 3. The normalized spacial score (nSPS) is 19.1. The van der Waals surface area contributed by atoms with E-state index >= 15 is 0 Å². The second-order valence-corrected chi connectivity index (χ2v) is 6.31. The van der Waals surface area contributed by atoms with E-state index in [4.69, 9.17) is 4.98 Å². The predicted molar refractivity (Wildman–Crippen MR) is 74.6 cm³/mol. The van der Waals surface area contributed by atoms with Crippen LogP contribution >= 0.6 is 11.3 Å². The SMILES string of the molecule is CCCNC1(c2nc(C(C)C)cs2)CCCC1. The number of nitrogens with zero attached hydrogens (tertiary/aromatic N) is 1. The van der Waals surface area contributed by atoms with Crippen molar-refractivity contribution in [2.45, 2.75) is 64.3 Å². The van der Waals surface area contributed by atoms with Gasteiger partial charge in [0.1, 0.15) is 5.01 Å². The highest BCUT2D eigenvalue weighted by Gasteiger charge is 2.37. The summed E-state index contributed by atoms with van der Waals surface area (Å²) in [6.45, 7) is 7.78. The van der Waals surface area contributed by atoms with Gasteiger partial charge in [0.05, 0.1) is 11.2 Å². The van der Waals surface area contributed by atoms with Gasteiger partial charge in [-0.05, 0) is 31.7 Å². The standard InChI is InChI=1S/C14H24N2S/c1-4-9-15-14(7-5-6-8-14)13-16-12(10-17-13)11(2)3/h10-11,15H,4-9H2,1-3H3. The Morgan fingerprint density at radius 3 is 2.65 bits per heavy atom. The maximum atomic E-state index is 4.87. The van der Waals surface area contributed by atoms with Crippen LogP contribution in [0.5, 0.6) is 0 Å². The molecule has 0 amide bonds. The molecular weight excluding hydrogens is 228 g/mol. The third-order valence-corrected chi connectivity index (χ3v) is 4.76. The van der Waals surface area contributed by atoms with Crippen LogP contribution in [0, 0.1) is 0 Å². The number of hydrogen-bond donors (Lipinski definition) is 1. The van der Waals surface area contributed by atoms with Gasteiger partial charge in [-0.25, -0.2) is 4.98 Å². The van der Waals surface area contributed by atoms with Crippen LogP contribution in [-0.4, -0.2) is 11.5 Å². The molecule has 0 bridgehead atoms. The van der Waals surface area contributed by atoms with Crippen molar-refractivity contribution in [2.75, 3.05) is 6.54 Å². The van der Waals surface area contributed by atoms with Crippen LogP contribution in [0.25, 0.3) is 0 Å². The molecule has 1 heterocycles. The van der Waals surface area contributed by atoms with Crippen molar-refractivity contribution in [3.8, 4) is 0 Å². The molecule has 0 unspecified atom stereocenters. The fourth-order valence-corrected chi connectivity index (χ4v) is 3.80. The highest BCUT2D eigenvalue weighted by Crippen LogP contribution is 2.40. The van der Waals surface area contributed by atoms with E-state index in [-0.39, 0.29) is 5.54 Å². The third kappa shape index (κ3) is 2.71. The quantitative estimate of drug-likeness (QED) is 0.855. The fraction of sp³-hybridized carbons (Fsp3) is 0.786. The summed E-state index contributed by atoms with van der Waals surface area (Å²) in [5.41, 5.74) is 1.46. The Morgan fingerprint density at radius 2 is 2.12 bits per heavy atom. The van der Waals surface area contributed by atoms with E-state index in [1.54, 1.807) is 0 Å². The average Bonchev–Trinajstić information content (AvgIpc) is 2.95. The second kappa shape index (κ2) is 5.49. The van der Waals surface area contributed by atoms with Crippen LogP contribution in [0.4, 0.5) is 0 Å². The molecule has 1 aliphatic rings. The Hall–Kier alpha value is -0.410. The Bertz CT molecular complexity index is 351. The van der Waals surface area contributed by atoms with Gasteiger partial charge in [-0.3, -0.25) is 0 Å². The molecule has 17 heavy (non-hydrogen) atoms. The molecule has 0 saturated heterocycles. The Balaban J connectivity index is 2.19. The zero-order valence-corrected chi connectivity index (χ0v) is 12.1. The largest absolute Gasteiger partial charge is 0.305 e. The van der Waals surface area contributed by atoms with Gasteiger partial charge < -0.3 is 5.32 Å². The van der Waals surface area contributed by atoms with Crippen LogP contribution in [-0.2, 0) is 5.54 Å². The first-order chi connectivity index (χ1) is 8.18. The maximum absolute atomic E-state index is 4.87. The van der Waals surface area contributed by atoms with Crippen molar-refractivity contribution in [2.24, 2.45) is 0 Å². The molecule has 0 spiro atoms. The molecule has 3 heteroatoms. The minimum Gasteiger partial charge on any atom is -0.305 e. The summed E-state index contributed by atoms with van der Waals surface area (Å²) >= 11 is 1.85. The minimum absolute atomic E-state index is 0.202. The Labute approximate surface area is 109 Å². The summed E-state index contributed by atoms with van der Waals surface area (Å²) in [4.78, 5) is 4.87. The summed E-state index contributed by atoms with van der Waals surface area (Å²) in [5, 5.41) is 7.33. The van der Waals surface area contributed by atoms with Crippen molar-refractivity contribution < 1.29 is 0 Å². The lowest BCUT2D eigenvalue weighted by Crippen LogP contribution is -2.40. The maximum Gasteiger partial charge on any atom is 0.113 e. The summed E-state index contributed by atoms with van der Waals surface area (Å²) < 4.78 is 0. The van der Waals surface area contributed by atoms with Gasteiger partial charge in [0, 0.05) is 5.38 Å². The van der Waals surface area contributed by atoms with Crippen LogP contribution in [0.3, 0.4) is 0 Å². The summed E-state index contributed by atoms with van der Waals surface area (Å²) in [7, 11) is 0. The molecule has 0 aliphatic heterocycles. The molecule has 96 valence electrons. The predicted octanol–water partition coefficient (Wildman–Crippen LogP) is 4.04. The van der Waals surface area contributed by atoms with E-state index in [1.807, 2.05) is 11.3 Å². The van der Waals surface area contributed by atoms with Crippen LogP contribution < -0.4 is 5.32 Å². The highest BCUT2D eigenvalue weighted by atomic mass is 32.1. The topological polar surface area (TPSA) is 24.9 Å². The van der Waals surface area contributed by atoms with Crippen molar-refractivity contribution in [1.82, 2.24) is 10.3 Å². The van der Waals surface area contributed by atoms with E-state index < -0.39 is 0 Å². The Morgan fingerprint density at radius 1 is 1.41 bits per heavy atom. The molecule has 1 aromatic rings. The van der Waals surface area contributed by atoms with Crippen molar-refractivity contribution in [3.05, 3.63) is 16.1 Å². The molecule has 2 nitrogen and oxygen atoms in total. The summed E-state index contributed by atoms with van der Waals surface area (Å²) in [6, 6.07) is 0.